The van der Waals surface area contributed by atoms with Gasteiger partial charge in [0.25, 0.3) is 0 Å². The third-order valence-electron chi connectivity index (χ3n) is 5.16. The lowest BCUT2D eigenvalue weighted by molar-refractivity contribution is -0.124. The molecule has 0 aromatic heterocycles. The Labute approximate surface area is 127 Å². The maximum Gasteiger partial charge on any atom is 0.227 e. The fourth-order valence-electron chi connectivity index (χ4n) is 3.90. The Morgan fingerprint density at radius 3 is 2.81 bits per heavy atom. The van der Waals surface area contributed by atoms with Crippen LogP contribution in [0.2, 0.25) is 0 Å². The maximum absolute atomic E-state index is 12.7. The van der Waals surface area contributed by atoms with Gasteiger partial charge in [0.2, 0.25) is 5.91 Å². The van der Waals surface area contributed by atoms with Crippen molar-refractivity contribution in [3.05, 3.63) is 29.8 Å². The average molecular weight is 286 g/mol. The molecule has 21 heavy (non-hydrogen) atoms. The quantitative estimate of drug-likeness (QED) is 0.873. The highest BCUT2D eigenvalue weighted by atomic mass is 16.2. The molecule has 0 radical (unpaired) electrons. The summed E-state index contributed by atoms with van der Waals surface area (Å²) in [7, 11) is 0. The molecule has 1 aliphatic carbocycles. The van der Waals surface area contributed by atoms with Crippen molar-refractivity contribution in [2.45, 2.75) is 51.5 Å². The Morgan fingerprint density at radius 2 is 2.00 bits per heavy atom. The third kappa shape index (κ3) is 3.07. The van der Waals surface area contributed by atoms with Gasteiger partial charge in [-0.05, 0) is 49.1 Å². The van der Waals surface area contributed by atoms with Crippen LogP contribution in [0.4, 0.5) is 5.69 Å². The van der Waals surface area contributed by atoms with Gasteiger partial charge in [-0.2, -0.15) is 0 Å². The largest absolute Gasteiger partial charge is 0.385 e. The molecule has 3 heteroatoms. The fourth-order valence-corrected chi connectivity index (χ4v) is 3.90. The second-order valence-electron chi connectivity index (χ2n) is 6.87. The topological polar surface area (TPSA) is 41.1 Å². The van der Waals surface area contributed by atoms with Crippen molar-refractivity contribution in [3.63, 3.8) is 0 Å². The molecule has 1 heterocycles. The minimum atomic E-state index is 0.00833. The summed E-state index contributed by atoms with van der Waals surface area (Å²) in [5, 5.41) is 6.72. The smallest absolute Gasteiger partial charge is 0.227 e. The summed E-state index contributed by atoms with van der Waals surface area (Å²) in [4.78, 5) is 12.7. The van der Waals surface area contributed by atoms with Gasteiger partial charge in [0.15, 0.2) is 0 Å². The Bertz CT molecular complexity index is 514. The van der Waals surface area contributed by atoms with E-state index in [1.54, 1.807) is 0 Å². The molecular formula is C18H26N2O. The van der Waals surface area contributed by atoms with Crippen LogP contribution >= 0.6 is 0 Å². The number of carbonyl (C=O) groups excluding carboxylic acids is 1. The van der Waals surface area contributed by atoms with E-state index in [-0.39, 0.29) is 11.8 Å². The summed E-state index contributed by atoms with van der Waals surface area (Å²) >= 11 is 0. The van der Waals surface area contributed by atoms with Crippen LogP contribution in [0.1, 0.15) is 51.0 Å². The highest BCUT2D eigenvalue weighted by molar-refractivity contribution is 5.86. The summed E-state index contributed by atoms with van der Waals surface area (Å²) in [6.07, 6.45) is 4.48. The van der Waals surface area contributed by atoms with Crippen LogP contribution in [0, 0.1) is 11.8 Å². The maximum atomic E-state index is 12.7. The molecule has 114 valence electrons. The third-order valence-corrected chi connectivity index (χ3v) is 5.16. The molecule has 1 aromatic rings. The molecule has 3 nitrogen and oxygen atoms in total. The van der Waals surface area contributed by atoms with E-state index < -0.39 is 0 Å². The van der Waals surface area contributed by atoms with Gasteiger partial charge in [-0.1, -0.05) is 32.0 Å². The van der Waals surface area contributed by atoms with E-state index in [9.17, 15) is 4.79 Å². The standard InChI is InChI=1S/C18H26N2O/c1-12-7-8-16(13(2)11-12)20-18(21)15-9-10-19-17-6-4-3-5-14(15)17/h3-6,12-13,15-16,19H,7-11H2,1-2H3,(H,20,21). The first-order valence-electron chi connectivity index (χ1n) is 8.28. The second-order valence-corrected chi connectivity index (χ2v) is 6.87. The predicted molar refractivity (Wildman–Crippen MR) is 86.4 cm³/mol. The molecule has 0 spiro atoms. The van der Waals surface area contributed by atoms with E-state index in [2.05, 4.69) is 36.6 Å². The first-order valence-corrected chi connectivity index (χ1v) is 8.28. The van der Waals surface area contributed by atoms with E-state index in [1.165, 1.54) is 12.8 Å². The molecule has 2 N–H and O–H groups in total. The number of hydrogen-bond donors (Lipinski definition) is 2. The van der Waals surface area contributed by atoms with Crippen LogP contribution in [0.25, 0.3) is 0 Å². The molecule has 4 unspecified atom stereocenters. The predicted octanol–water partition coefficient (Wildman–Crippen LogP) is 3.53. The van der Waals surface area contributed by atoms with Crippen LogP contribution in [0.5, 0.6) is 0 Å². The summed E-state index contributed by atoms with van der Waals surface area (Å²) in [6, 6.07) is 8.56. The number of nitrogens with one attached hydrogen (secondary N) is 2. The van der Waals surface area contributed by atoms with Crippen molar-refractivity contribution in [2.24, 2.45) is 11.8 Å². The van der Waals surface area contributed by atoms with Crippen LogP contribution in [-0.4, -0.2) is 18.5 Å². The van der Waals surface area contributed by atoms with Crippen LogP contribution in [0.15, 0.2) is 24.3 Å². The molecule has 1 fully saturated rings. The van der Waals surface area contributed by atoms with Crippen LogP contribution in [0.3, 0.4) is 0 Å². The number of anilines is 1. The summed E-state index contributed by atoms with van der Waals surface area (Å²) in [6.45, 7) is 5.47. The molecule has 0 saturated heterocycles. The van der Waals surface area contributed by atoms with Crippen molar-refractivity contribution >= 4 is 11.6 Å². The molecule has 4 atom stereocenters. The molecule has 2 aliphatic rings. The number of amides is 1. The van der Waals surface area contributed by atoms with Gasteiger partial charge in [-0.3, -0.25) is 4.79 Å². The van der Waals surface area contributed by atoms with Gasteiger partial charge < -0.3 is 10.6 Å². The van der Waals surface area contributed by atoms with Gasteiger partial charge in [0, 0.05) is 18.3 Å². The normalized spacial score (nSPS) is 31.9. The molecular weight excluding hydrogens is 260 g/mol. The monoisotopic (exact) mass is 286 g/mol. The van der Waals surface area contributed by atoms with Gasteiger partial charge in [-0.25, -0.2) is 0 Å². The van der Waals surface area contributed by atoms with E-state index in [4.69, 9.17) is 0 Å². The summed E-state index contributed by atoms with van der Waals surface area (Å²) in [5.74, 6) is 1.62. The summed E-state index contributed by atoms with van der Waals surface area (Å²) < 4.78 is 0. The van der Waals surface area contributed by atoms with Gasteiger partial charge in [0.1, 0.15) is 0 Å². The first kappa shape index (κ1) is 14.4. The number of rotatable bonds is 2. The van der Waals surface area contributed by atoms with Crippen LogP contribution in [-0.2, 0) is 4.79 Å². The van der Waals surface area contributed by atoms with Gasteiger partial charge >= 0.3 is 0 Å². The highest BCUT2D eigenvalue weighted by Crippen LogP contribution is 2.33. The lowest BCUT2D eigenvalue weighted by Gasteiger charge is -2.35. The fraction of sp³-hybridized carbons (Fsp3) is 0.611. The van der Waals surface area contributed by atoms with Crippen molar-refractivity contribution in [3.8, 4) is 0 Å². The van der Waals surface area contributed by atoms with E-state index in [0.717, 1.165) is 36.6 Å². The van der Waals surface area contributed by atoms with Crippen molar-refractivity contribution in [1.29, 1.82) is 0 Å². The molecule has 3 rings (SSSR count). The second kappa shape index (κ2) is 6.08. The lowest BCUT2D eigenvalue weighted by Crippen LogP contribution is -2.45. The number of carbonyl (C=O) groups is 1. The van der Waals surface area contributed by atoms with E-state index >= 15 is 0 Å². The SMILES string of the molecule is CC1CCC(NC(=O)C2CCNc3ccccc32)C(C)C1. The number of benzene rings is 1. The van der Waals surface area contributed by atoms with Gasteiger partial charge in [0.05, 0.1) is 5.92 Å². The summed E-state index contributed by atoms with van der Waals surface area (Å²) in [5.41, 5.74) is 2.27. The zero-order valence-electron chi connectivity index (χ0n) is 13.1. The number of hydrogen-bond acceptors (Lipinski definition) is 2. The Balaban J connectivity index is 1.69. The molecule has 1 aromatic carbocycles. The molecule has 1 amide bonds. The van der Waals surface area contributed by atoms with Crippen molar-refractivity contribution in [1.82, 2.24) is 5.32 Å². The van der Waals surface area contributed by atoms with Crippen molar-refractivity contribution in [2.75, 3.05) is 11.9 Å². The number of para-hydroxylation sites is 1. The minimum Gasteiger partial charge on any atom is -0.385 e. The average Bonchev–Trinajstić information content (AvgIpc) is 2.49. The zero-order chi connectivity index (χ0) is 14.8. The van der Waals surface area contributed by atoms with E-state index in [1.807, 2.05) is 12.1 Å². The lowest BCUT2D eigenvalue weighted by atomic mass is 9.79. The molecule has 0 bridgehead atoms. The minimum absolute atomic E-state index is 0.00833. The van der Waals surface area contributed by atoms with Crippen molar-refractivity contribution < 1.29 is 4.79 Å². The zero-order valence-corrected chi connectivity index (χ0v) is 13.1. The van der Waals surface area contributed by atoms with Crippen LogP contribution < -0.4 is 10.6 Å². The Hall–Kier alpha value is -1.51. The Kier molecular flexibility index (Phi) is 4.18. The molecule has 1 saturated carbocycles. The van der Waals surface area contributed by atoms with E-state index in [0.29, 0.717) is 12.0 Å². The Morgan fingerprint density at radius 1 is 1.19 bits per heavy atom. The highest BCUT2D eigenvalue weighted by Gasteiger charge is 2.31. The van der Waals surface area contributed by atoms with Gasteiger partial charge in [-0.15, -0.1) is 0 Å². The first-order chi connectivity index (χ1) is 10.1. The molecule has 1 aliphatic heterocycles. The number of fused-ring (bicyclic) bond motifs is 1.